The molecule has 0 bridgehead atoms. The van der Waals surface area contributed by atoms with Crippen LogP contribution in [0.4, 0.5) is 5.69 Å². The van der Waals surface area contributed by atoms with Crippen LogP contribution in [0.15, 0.2) is 29.2 Å². The molecular formula is C12H16N2O2S. The van der Waals surface area contributed by atoms with Gasteiger partial charge in [0.1, 0.15) is 0 Å². The van der Waals surface area contributed by atoms with E-state index in [0.717, 1.165) is 29.7 Å². The van der Waals surface area contributed by atoms with Crippen LogP contribution in [0, 0.1) is 16.0 Å². The number of piperidine rings is 1. The smallest absolute Gasteiger partial charge is 0.269 e. The quantitative estimate of drug-likeness (QED) is 0.508. The summed E-state index contributed by atoms with van der Waals surface area (Å²) in [6.07, 6.45) is 2.54. The summed E-state index contributed by atoms with van der Waals surface area (Å²) in [5.41, 5.74) is 0.161. The molecule has 1 N–H and O–H groups in total. The van der Waals surface area contributed by atoms with Crippen LogP contribution in [0.2, 0.25) is 0 Å². The molecule has 4 nitrogen and oxygen atoms in total. The molecule has 0 spiro atoms. The Hall–Kier alpha value is -1.07. The van der Waals surface area contributed by atoms with Gasteiger partial charge < -0.3 is 5.32 Å². The van der Waals surface area contributed by atoms with Gasteiger partial charge in [-0.15, -0.1) is 11.8 Å². The number of nitrogens with one attached hydrogen (secondary N) is 1. The summed E-state index contributed by atoms with van der Waals surface area (Å²) >= 11 is 1.78. The first-order valence-corrected chi connectivity index (χ1v) is 6.82. The monoisotopic (exact) mass is 252 g/mol. The Balaban J connectivity index is 1.84. The van der Waals surface area contributed by atoms with Gasteiger partial charge in [-0.2, -0.15) is 0 Å². The van der Waals surface area contributed by atoms with E-state index in [4.69, 9.17) is 0 Å². The topological polar surface area (TPSA) is 55.2 Å². The van der Waals surface area contributed by atoms with E-state index < -0.39 is 0 Å². The lowest BCUT2D eigenvalue weighted by Gasteiger charge is -2.22. The van der Waals surface area contributed by atoms with Gasteiger partial charge in [-0.05, 0) is 44.0 Å². The van der Waals surface area contributed by atoms with Crippen LogP contribution in [0.25, 0.3) is 0 Å². The van der Waals surface area contributed by atoms with Crippen LogP contribution >= 0.6 is 11.8 Å². The minimum Gasteiger partial charge on any atom is -0.316 e. The van der Waals surface area contributed by atoms with E-state index in [1.165, 1.54) is 12.8 Å². The molecule has 1 saturated heterocycles. The lowest BCUT2D eigenvalue weighted by molar-refractivity contribution is -0.384. The molecule has 1 aromatic rings. The second-order valence-corrected chi connectivity index (χ2v) is 5.37. The van der Waals surface area contributed by atoms with Crippen molar-refractivity contribution in [3.05, 3.63) is 34.4 Å². The highest BCUT2D eigenvalue weighted by atomic mass is 32.2. The van der Waals surface area contributed by atoms with Crippen molar-refractivity contribution in [2.24, 2.45) is 5.92 Å². The number of nitro benzene ring substituents is 1. The first-order chi connectivity index (χ1) is 8.25. The van der Waals surface area contributed by atoms with Crippen molar-refractivity contribution in [1.29, 1.82) is 0 Å². The van der Waals surface area contributed by atoms with Crippen molar-refractivity contribution in [2.75, 3.05) is 18.8 Å². The number of nitro groups is 1. The Morgan fingerprint density at radius 3 is 2.76 bits per heavy atom. The molecule has 5 heteroatoms. The maximum atomic E-state index is 10.5. The lowest BCUT2D eigenvalue weighted by Crippen LogP contribution is -2.30. The summed E-state index contributed by atoms with van der Waals surface area (Å²) < 4.78 is 0. The molecule has 0 radical (unpaired) electrons. The summed E-state index contributed by atoms with van der Waals surface area (Å²) in [5, 5.41) is 13.9. The van der Waals surface area contributed by atoms with Gasteiger partial charge in [0, 0.05) is 22.8 Å². The van der Waals surface area contributed by atoms with E-state index >= 15 is 0 Å². The molecule has 17 heavy (non-hydrogen) atoms. The van der Waals surface area contributed by atoms with E-state index in [-0.39, 0.29) is 10.6 Å². The Morgan fingerprint density at radius 2 is 2.18 bits per heavy atom. The highest BCUT2D eigenvalue weighted by Gasteiger charge is 2.13. The zero-order chi connectivity index (χ0) is 12.1. The van der Waals surface area contributed by atoms with Crippen molar-refractivity contribution >= 4 is 17.4 Å². The van der Waals surface area contributed by atoms with Crippen LogP contribution in [0.5, 0.6) is 0 Å². The number of thioether (sulfide) groups is 1. The Labute approximate surface area is 105 Å². The molecule has 0 aliphatic carbocycles. The van der Waals surface area contributed by atoms with Gasteiger partial charge in [-0.3, -0.25) is 10.1 Å². The third-order valence-corrected chi connectivity index (χ3v) is 4.18. The molecule has 1 aromatic carbocycles. The zero-order valence-corrected chi connectivity index (χ0v) is 10.4. The number of nitrogens with zero attached hydrogens (tertiary/aromatic N) is 1. The van der Waals surface area contributed by atoms with Crippen LogP contribution in [-0.4, -0.2) is 23.8 Å². The lowest BCUT2D eigenvalue weighted by atomic mass is 10.0. The third-order valence-electron chi connectivity index (χ3n) is 2.93. The Bertz CT molecular complexity index is 375. The molecule has 0 amide bonds. The molecular weight excluding hydrogens is 236 g/mol. The number of non-ortho nitro benzene ring substituents is 1. The van der Waals surface area contributed by atoms with Crippen LogP contribution in [0.3, 0.4) is 0 Å². The fourth-order valence-corrected chi connectivity index (χ4v) is 2.99. The highest BCUT2D eigenvalue weighted by Crippen LogP contribution is 2.25. The summed E-state index contributed by atoms with van der Waals surface area (Å²) in [4.78, 5) is 11.3. The van der Waals surface area contributed by atoms with Crippen molar-refractivity contribution in [1.82, 2.24) is 5.32 Å². The summed E-state index contributed by atoms with van der Waals surface area (Å²) in [7, 11) is 0. The van der Waals surface area contributed by atoms with Gasteiger partial charge in [0.05, 0.1) is 4.92 Å². The molecule has 1 aliphatic heterocycles. The number of rotatable bonds is 4. The molecule has 0 saturated carbocycles. The molecule has 2 rings (SSSR count). The Kier molecular flexibility index (Phi) is 4.39. The van der Waals surface area contributed by atoms with E-state index in [1.54, 1.807) is 23.9 Å². The van der Waals surface area contributed by atoms with E-state index in [1.807, 2.05) is 12.1 Å². The van der Waals surface area contributed by atoms with Crippen LogP contribution in [-0.2, 0) is 0 Å². The molecule has 1 heterocycles. The standard InChI is InChI=1S/C12H16N2O2S/c15-14(16)11-3-5-12(6-4-11)17-9-10-2-1-7-13-8-10/h3-6,10,13H,1-2,7-9H2. The molecule has 1 fully saturated rings. The summed E-state index contributed by atoms with van der Waals surface area (Å²) in [5.74, 6) is 1.81. The van der Waals surface area contributed by atoms with Gasteiger partial charge in [-0.25, -0.2) is 0 Å². The number of benzene rings is 1. The van der Waals surface area contributed by atoms with E-state index in [2.05, 4.69) is 5.32 Å². The maximum absolute atomic E-state index is 10.5. The second kappa shape index (κ2) is 6.02. The van der Waals surface area contributed by atoms with Crippen molar-refractivity contribution in [2.45, 2.75) is 17.7 Å². The SMILES string of the molecule is O=[N+]([O-])c1ccc(SCC2CCCNC2)cc1. The second-order valence-electron chi connectivity index (χ2n) is 4.27. The fraction of sp³-hybridized carbons (Fsp3) is 0.500. The third kappa shape index (κ3) is 3.71. The van der Waals surface area contributed by atoms with Crippen molar-refractivity contribution in [3.8, 4) is 0 Å². The molecule has 1 atom stereocenters. The average Bonchev–Trinajstić information content (AvgIpc) is 2.38. The minimum absolute atomic E-state index is 0.161. The first-order valence-electron chi connectivity index (χ1n) is 5.83. The number of hydrogen-bond acceptors (Lipinski definition) is 4. The molecule has 1 unspecified atom stereocenters. The van der Waals surface area contributed by atoms with Crippen molar-refractivity contribution in [3.63, 3.8) is 0 Å². The normalized spacial score (nSPS) is 20.1. The number of hydrogen-bond donors (Lipinski definition) is 1. The highest BCUT2D eigenvalue weighted by molar-refractivity contribution is 7.99. The minimum atomic E-state index is -0.362. The maximum Gasteiger partial charge on any atom is 0.269 e. The fourth-order valence-electron chi connectivity index (χ4n) is 1.94. The van der Waals surface area contributed by atoms with Gasteiger partial charge in [0.2, 0.25) is 0 Å². The van der Waals surface area contributed by atoms with Crippen LogP contribution < -0.4 is 5.32 Å². The van der Waals surface area contributed by atoms with Gasteiger partial charge in [0.25, 0.3) is 5.69 Å². The van der Waals surface area contributed by atoms with E-state index in [0.29, 0.717) is 0 Å². The molecule has 1 aliphatic rings. The first kappa shape index (κ1) is 12.4. The largest absolute Gasteiger partial charge is 0.316 e. The van der Waals surface area contributed by atoms with Crippen molar-refractivity contribution < 1.29 is 4.92 Å². The molecule has 0 aromatic heterocycles. The van der Waals surface area contributed by atoms with Crippen LogP contribution in [0.1, 0.15) is 12.8 Å². The van der Waals surface area contributed by atoms with E-state index in [9.17, 15) is 10.1 Å². The predicted octanol–water partition coefficient (Wildman–Crippen LogP) is 2.69. The van der Waals surface area contributed by atoms with Gasteiger partial charge in [-0.1, -0.05) is 0 Å². The predicted molar refractivity (Wildman–Crippen MR) is 69.4 cm³/mol. The molecule has 92 valence electrons. The van der Waals surface area contributed by atoms with Gasteiger partial charge in [0.15, 0.2) is 0 Å². The summed E-state index contributed by atoms with van der Waals surface area (Å²) in [6, 6.07) is 6.81. The summed E-state index contributed by atoms with van der Waals surface area (Å²) in [6.45, 7) is 2.23. The zero-order valence-electron chi connectivity index (χ0n) is 9.59. The average molecular weight is 252 g/mol. The van der Waals surface area contributed by atoms with Gasteiger partial charge >= 0.3 is 0 Å². The Morgan fingerprint density at radius 1 is 1.41 bits per heavy atom.